The molecule has 1 aromatic rings. The first-order valence-corrected chi connectivity index (χ1v) is 10.1. The van der Waals surface area contributed by atoms with Crippen molar-refractivity contribution in [3.05, 3.63) is 23.8 Å². The topological polar surface area (TPSA) is 111 Å². The van der Waals surface area contributed by atoms with E-state index >= 15 is 0 Å². The molecule has 1 saturated heterocycles. The van der Waals surface area contributed by atoms with Crippen molar-refractivity contribution < 1.29 is 27.5 Å². The summed E-state index contributed by atoms with van der Waals surface area (Å²) in [6.07, 6.45) is 2.23. The summed E-state index contributed by atoms with van der Waals surface area (Å²) in [6, 6.07) is 3.97. The fourth-order valence-electron chi connectivity index (χ4n) is 3.00. The molecule has 0 spiro atoms. The average Bonchev–Trinajstić information content (AvgIpc) is 2.61. The fraction of sp³-hybridized carbons (Fsp3) is 0.529. The Balaban J connectivity index is 0.00000364. The second-order valence-corrected chi connectivity index (χ2v) is 8.44. The summed E-state index contributed by atoms with van der Waals surface area (Å²) in [5.74, 6) is -0.943. The number of methoxy groups -OCH3 is 2. The first-order chi connectivity index (χ1) is 12.2. The van der Waals surface area contributed by atoms with Crippen molar-refractivity contribution in [2.75, 3.05) is 45.5 Å². The summed E-state index contributed by atoms with van der Waals surface area (Å²) in [5.41, 5.74) is -0.420. The van der Waals surface area contributed by atoms with E-state index in [1.807, 2.05) is 0 Å². The monoisotopic (exact) mass is 420 g/mol. The maximum atomic E-state index is 12.9. The third kappa shape index (κ3) is 5.65. The number of halogens is 1. The number of anilines is 1. The van der Waals surface area contributed by atoms with Gasteiger partial charge in [-0.1, -0.05) is 0 Å². The van der Waals surface area contributed by atoms with E-state index < -0.39 is 21.2 Å². The van der Waals surface area contributed by atoms with Crippen LogP contribution in [0.3, 0.4) is 0 Å². The summed E-state index contributed by atoms with van der Waals surface area (Å²) in [4.78, 5) is 24.7. The highest BCUT2D eigenvalue weighted by atomic mass is 35.5. The summed E-state index contributed by atoms with van der Waals surface area (Å²) in [7, 11) is -0.826. The van der Waals surface area contributed by atoms with Gasteiger partial charge in [0.2, 0.25) is 5.91 Å². The minimum atomic E-state index is -3.57. The number of piperidine rings is 1. The average molecular weight is 421 g/mol. The molecule has 0 aliphatic carbocycles. The summed E-state index contributed by atoms with van der Waals surface area (Å²) in [5, 5.41) is 5.95. The molecule has 0 atom stereocenters. The summed E-state index contributed by atoms with van der Waals surface area (Å²) in [6.45, 7) is 1.64. The molecule has 0 bridgehead atoms. The van der Waals surface area contributed by atoms with Gasteiger partial charge in [0.1, 0.15) is 0 Å². The molecular weight excluding hydrogens is 396 g/mol. The Hall–Kier alpha value is -1.68. The zero-order chi connectivity index (χ0) is 19.4. The lowest BCUT2D eigenvalue weighted by molar-refractivity contribution is -0.130. The molecule has 0 radical (unpaired) electrons. The molecule has 1 heterocycles. The van der Waals surface area contributed by atoms with Crippen LogP contribution in [0.2, 0.25) is 0 Å². The Morgan fingerprint density at radius 2 is 1.81 bits per heavy atom. The van der Waals surface area contributed by atoms with Crippen LogP contribution in [0.25, 0.3) is 0 Å². The highest BCUT2D eigenvalue weighted by molar-refractivity contribution is 7.90. The first kappa shape index (κ1) is 23.4. The van der Waals surface area contributed by atoms with Crippen molar-refractivity contribution >= 4 is 39.8 Å². The number of rotatable bonds is 6. The normalized spacial score (nSPS) is 16.1. The van der Waals surface area contributed by atoms with E-state index in [9.17, 15) is 18.0 Å². The minimum absolute atomic E-state index is 0. The van der Waals surface area contributed by atoms with E-state index in [-0.39, 0.29) is 41.1 Å². The van der Waals surface area contributed by atoms with Gasteiger partial charge in [0.05, 0.1) is 29.6 Å². The van der Waals surface area contributed by atoms with Gasteiger partial charge in [-0.25, -0.2) is 13.2 Å². The number of amides is 1. The molecule has 1 aliphatic heterocycles. The quantitative estimate of drug-likeness (QED) is 0.666. The Kier molecular flexibility index (Phi) is 8.22. The van der Waals surface area contributed by atoms with E-state index in [0.717, 1.165) is 6.26 Å². The van der Waals surface area contributed by atoms with Crippen LogP contribution in [-0.2, 0) is 24.1 Å². The Morgan fingerprint density at radius 1 is 1.19 bits per heavy atom. The maximum absolute atomic E-state index is 12.9. The maximum Gasteiger partial charge on any atom is 0.337 e. The van der Waals surface area contributed by atoms with Crippen LogP contribution in [0.15, 0.2) is 23.1 Å². The van der Waals surface area contributed by atoms with Gasteiger partial charge in [0, 0.05) is 19.1 Å². The van der Waals surface area contributed by atoms with Gasteiger partial charge in [-0.2, -0.15) is 0 Å². The predicted molar refractivity (Wildman–Crippen MR) is 103 cm³/mol. The molecule has 1 amide bonds. The SMILES string of the molecule is COCC1(C(=O)Nc2cc(C(=O)OC)cc(S(C)(=O)=O)c2)CCNCC1.Cl. The van der Waals surface area contributed by atoms with Crippen molar-refractivity contribution in [3.63, 3.8) is 0 Å². The number of hydrogen-bond acceptors (Lipinski definition) is 7. The molecule has 2 N–H and O–H groups in total. The summed E-state index contributed by atoms with van der Waals surface area (Å²) < 4.78 is 33.7. The van der Waals surface area contributed by atoms with Gasteiger partial charge in [-0.15, -0.1) is 12.4 Å². The van der Waals surface area contributed by atoms with Crippen LogP contribution >= 0.6 is 12.4 Å². The van der Waals surface area contributed by atoms with E-state index in [1.165, 1.54) is 32.4 Å². The van der Waals surface area contributed by atoms with Gasteiger partial charge in [-0.3, -0.25) is 4.79 Å². The molecule has 1 aromatic carbocycles. The Bertz CT molecular complexity index is 785. The van der Waals surface area contributed by atoms with Crippen molar-refractivity contribution in [1.29, 1.82) is 0 Å². The number of carbonyl (C=O) groups excluding carboxylic acids is 2. The molecule has 1 fully saturated rings. The second kappa shape index (κ2) is 9.50. The zero-order valence-corrected chi connectivity index (χ0v) is 17.2. The van der Waals surface area contributed by atoms with Crippen LogP contribution in [0.4, 0.5) is 5.69 Å². The molecule has 27 heavy (non-hydrogen) atoms. The van der Waals surface area contributed by atoms with Crippen LogP contribution in [-0.4, -0.2) is 60.5 Å². The molecule has 0 unspecified atom stereocenters. The van der Waals surface area contributed by atoms with Crippen LogP contribution in [0, 0.1) is 5.41 Å². The largest absolute Gasteiger partial charge is 0.465 e. The van der Waals surface area contributed by atoms with Crippen molar-refractivity contribution in [2.45, 2.75) is 17.7 Å². The third-order valence-electron chi connectivity index (χ3n) is 4.48. The van der Waals surface area contributed by atoms with Crippen LogP contribution < -0.4 is 10.6 Å². The molecule has 152 valence electrons. The smallest absolute Gasteiger partial charge is 0.337 e. The number of nitrogens with one attached hydrogen (secondary N) is 2. The van der Waals surface area contributed by atoms with E-state index in [0.29, 0.717) is 25.9 Å². The molecule has 8 nitrogen and oxygen atoms in total. The van der Waals surface area contributed by atoms with Crippen molar-refractivity contribution in [2.24, 2.45) is 5.41 Å². The second-order valence-electron chi connectivity index (χ2n) is 6.43. The lowest BCUT2D eigenvalue weighted by Gasteiger charge is -2.35. The van der Waals surface area contributed by atoms with Gasteiger partial charge in [-0.05, 0) is 44.1 Å². The lowest BCUT2D eigenvalue weighted by Crippen LogP contribution is -2.47. The van der Waals surface area contributed by atoms with Crippen molar-refractivity contribution in [3.8, 4) is 0 Å². The van der Waals surface area contributed by atoms with E-state index in [1.54, 1.807) is 0 Å². The highest BCUT2D eigenvalue weighted by Crippen LogP contribution is 2.31. The molecule has 1 aliphatic rings. The minimum Gasteiger partial charge on any atom is -0.465 e. The third-order valence-corrected chi connectivity index (χ3v) is 5.57. The molecular formula is C17H25ClN2O6S. The predicted octanol–water partition coefficient (Wildman–Crippen LogP) is 1.25. The zero-order valence-electron chi connectivity index (χ0n) is 15.5. The van der Waals surface area contributed by atoms with Crippen LogP contribution in [0.1, 0.15) is 23.2 Å². The Morgan fingerprint density at radius 3 is 2.33 bits per heavy atom. The van der Waals surface area contributed by atoms with Gasteiger partial charge < -0.3 is 20.1 Å². The molecule has 0 saturated carbocycles. The fourth-order valence-corrected chi connectivity index (χ4v) is 3.69. The molecule has 0 aromatic heterocycles. The number of hydrogen-bond donors (Lipinski definition) is 2. The van der Waals surface area contributed by atoms with Crippen LogP contribution in [0.5, 0.6) is 0 Å². The van der Waals surface area contributed by atoms with E-state index in [2.05, 4.69) is 15.4 Å². The molecule has 2 rings (SSSR count). The lowest BCUT2D eigenvalue weighted by atomic mass is 9.78. The first-order valence-electron chi connectivity index (χ1n) is 8.16. The number of benzene rings is 1. The Labute approximate surface area is 165 Å². The van der Waals surface area contributed by atoms with Crippen molar-refractivity contribution in [1.82, 2.24) is 5.32 Å². The standard InChI is InChI=1S/C17H24N2O6S.ClH/c1-24-11-17(4-6-18-7-5-17)16(21)19-13-8-12(15(20)25-2)9-14(10-13)26(3,22)23;/h8-10,18H,4-7,11H2,1-3H3,(H,19,21);1H. The highest BCUT2D eigenvalue weighted by Gasteiger charge is 2.39. The number of carbonyl (C=O) groups is 2. The summed E-state index contributed by atoms with van der Waals surface area (Å²) >= 11 is 0. The molecule has 10 heteroatoms. The number of ether oxygens (including phenoxy) is 2. The van der Waals surface area contributed by atoms with Gasteiger partial charge in [0.25, 0.3) is 0 Å². The number of sulfone groups is 1. The van der Waals surface area contributed by atoms with E-state index in [4.69, 9.17) is 4.74 Å². The van der Waals surface area contributed by atoms with Gasteiger partial charge in [0.15, 0.2) is 9.84 Å². The number of esters is 1. The van der Waals surface area contributed by atoms with Gasteiger partial charge >= 0.3 is 5.97 Å².